The summed E-state index contributed by atoms with van der Waals surface area (Å²) >= 11 is 0. The summed E-state index contributed by atoms with van der Waals surface area (Å²) in [5, 5.41) is 5.93. The van der Waals surface area contributed by atoms with Gasteiger partial charge in [-0.3, -0.25) is 4.99 Å². The van der Waals surface area contributed by atoms with Crippen LogP contribution in [0.25, 0.3) is 0 Å². The van der Waals surface area contributed by atoms with Crippen molar-refractivity contribution in [1.29, 1.82) is 0 Å². The lowest BCUT2D eigenvalue weighted by Crippen LogP contribution is -2.47. The second-order valence-electron chi connectivity index (χ2n) is 7.60. The number of aliphatic imine (C=N–C) groups is 1. The quantitative estimate of drug-likeness (QED) is 0.365. The number of alkyl carbamates (subject to hydrolysis) is 1. The fourth-order valence-corrected chi connectivity index (χ4v) is 1.50. The van der Waals surface area contributed by atoms with Crippen molar-refractivity contribution in [2.75, 3.05) is 6.54 Å². The van der Waals surface area contributed by atoms with Crippen LogP contribution in [0.15, 0.2) is 4.99 Å². The van der Waals surface area contributed by atoms with Crippen LogP contribution in [0.5, 0.6) is 0 Å². The van der Waals surface area contributed by atoms with Gasteiger partial charge >= 0.3 is 6.09 Å². The number of rotatable bonds is 4. The molecule has 0 aromatic carbocycles. The van der Waals surface area contributed by atoms with Crippen LogP contribution in [0.3, 0.4) is 0 Å². The SMILES string of the molecule is CC(C)C(CN=C(N)NC(C)(C)C)NC(=O)OC(C)(C)C.I. The molecule has 1 amide bonds. The lowest BCUT2D eigenvalue weighted by molar-refractivity contribution is 0.0493. The molecule has 1 unspecified atom stereocenters. The van der Waals surface area contributed by atoms with Gasteiger partial charge in [0, 0.05) is 5.54 Å². The Morgan fingerprint density at radius 3 is 2.05 bits per heavy atom. The van der Waals surface area contributed by atoms with Gasteiger partial charge in [-0.25, -0.2) is 4.79 Å². The van der Waals surface area contributed by atoms with Crippen molar-refractivity contribution < 1.29 is 9.53 Å². The molecular formula is C15H33IN4O2. The first-order valence-electron chi connectivity index (χ1n) is 7.38. The third-order valence-electron chi connectivity index (χ3n) is 2.47. The Labute approximate surface area is 152 Å². The molecule has 0 aromatic heterocycles. The molecule has 0 radical (unpaired) electrons. The Hall–Kier alpha value is -0.730. The highest BCUT2D eigenvalue weighted by molar-refractivity contribution is 14.0. The largest absolute Gasteiger partial charge is 0.444 e. The first-order valence-corrected chi connectivity index (χ1v) is 7.38. The molecule has 7 heteroatoms. The number of amides is 1. The lowest BCUT2D eigenvalue weighted by Gasteiger charge is -2.25. The van der Waals surface area contributed by atoms with E-state index in [2.05, 4.69) is 15.6 Å². The second-order valence-corrected chi connectivity index (χ2v) is 7.60. The van der Waals surface area contributed by atoms with Crippen molar-refractivity contribution in [2.24, 2.45) is 16.6 Å². The molecule has 0 aliphatic carbocycles. The van der Waals surface area contributed by atoms with E-state index in [1.165, 1.54) is 0 Å². The van der Waals surface area contributed by atoms with Crippen LogP contribution in [0, 0.1) is 5.92 Å². The number of hydrogen-bond acceptors (Lipinski definition) is 3. The van der Waals surface area contributed by atoms with E-state index < -0.39 is 11.7 Å². The minimum Gasteiger partial charge on any atom is -0.444 e. The standard InChI is InChI=1S/C15H32N4O2.HI/c1-10(2)11(18-13(20)21-15(6,7)8)9-17-12(16)19-14(3,4)5;/h10-11H,9H2,1-8H3,(H,18,20)(H3,16,17,19);1H. The molecule has 132 valence electrons. The fraction of sp³-hybridized carbons (Fsp3) is 0.867. The molecule has 6 nitrogen and oxygen atoms in total. The van der Waals surface area contributed by atoms with Crippen molar-refractivity contribution in [1.82, 2.24) is 10.6 Å². The minimum atomic E-state index is -0.512. The van der Waals surface area contributed by atoms with E-state index in [-0.39, 0.29) is 41.5 Å². The van der Waals surface area contributed by atoms with Gasteiger partial charge in [-0.1, -0.05) is 13.8 Å². The molecule has 4 N–H and O–H groups in total. The van der Waals surface area contributed by atoms with Crippen molar-refractivity contribution >= 4 is 36.0 Å². The first kappa shape index (κ1) is 23.5. The zero-order chi connectivity index (χ0) is 16.8. The number of nitrogens with zero attached hydrogens (tertiary/aromatic N) is 1. The van der Waals surface area contributed by atoms with Gasteiger partial charge in [-0.15, -0.1) is 24.0 Å². The normalized spacial score (nSPS) is 14.1. The summed E-state index contributed by atoms with van der Waals surface area (Å²) < 4.78 is 5.26. The third kappa shape index (κ3) is 13.0. The molecule has 0 rings (SSSR count). The van der Waals surface area contributed by atoms with E-state index in [0.717, 1.165) is 0 Å². The van der Waals surface area contributed by atoms with Gasteiger partial charge in [0.2, 0.25) is 0 Å². The number of ether oxygens (including phenoxy) is 1. The van der Waals surface area contributed by atoms with Crippen molar-refractivity contribution in [2.45, 2.75) is 72.6 Å². The van der Waals surface area contributed by atoms with E-state index in [9.17, 15) is 4.79 Å². The van der Waals surface area contributed by atoms with Gasteiger partial charge in [0.05, 0.1) is 12.6 Å². The monoisotopic (exact) mass is 428 g/mol. The Morgan fingerprint density at radius 2 is 1.68 bits per heavy atom. The highest BCUT2D eigenvalue weighted by Crippen LogP contribution is 2.09. The number of nitrogens with two attached hydrogens (primary N) is 1. The zero-order valence-electron chi connectivity index (χ0n) is 15.1. The molecule has 22 heavy (non-hydrogen) atoms. The lowest BCUT2D eigenvalue weighted by atomic mass is 10.1. The molecule has 0 saturated carbocycles. The van der Waals surface area contributed by atoms with Gasteiger partial charge in [-0.2, -0.15) is 0 Å². The van der Waals surface area contributed by atoms with Crippen LogP contribution in [0.4, 0.5) is 4.79 Å². The number of carbonyl (C=O) groups excluding carboxylic acids is 1. The maximum absolute atomic E-state index is 11.8. The summed E-state index contributed by atoms with van der Waals surface area (Å²) in [5.41, 5.74) is 5.18. The highest BCUT2D eigenvalue weighted by atomic mass is 127. The Balaban J connectivity index is 0. The topological polar surface area (TPSA) is 88.7 Å². The van der Waals surface area contributed by atoms with E-state index in [4.69, 9.17) is 10.5 Å². The zero-order valence-corrected chi connectivity index (χ0v) is 17.4. The molecule has 0 fully saturated rings. The van der Waals surface area contributed by atoms with Crippen LogP contribution in [0.2, 0.25) is 0 Å². The minimum absolute atomic E-state index is 0. The average molecular weight is 428 g/mol. The van der Waals surface area contributed by atoms with Gasteiger partial charge in [0.25, 0.3) is 0 Å². The predicted octanol–water partition coefficient (Wildman–Crippen LogP) is 2.86. The van der Waals surface area contributed by atoms with Gasteiger partial charge in [-0.05, 0) is 47.5 Å². The van der Waals surface area contributed by atoms with E-state index >= 15 is 0 Å². The molecule has 0 saturated heterocycles. The number of hydrogen-bond donors (Lipinski definition) is 3. The molecule has 1 atom stereocenters. The Kier molecular flexibility index (Phi) is 10.1. The van der Waals surface area contributed by atoms with Crippen molar-refractivity contribution in [3.63, 3.8) is 0 Å². The second kappa shape index (κ2) is 9.42. The molecule has 0 aliphatic rings. The molecule has 0 bridgehead atoms. The number of nitrogens with one attached hydrogen (secondary N) is 2. The number of carbonyl (C=O) groups is 1. The Bertz CT molecular complexity index is 371. The van der Waals surface area contributed by atoms with E-state index in [1.807, 2.05) is 55.4 Å². The summed E-state index contributed by atoms with van der Waals surface area (Å²) in [4.78, 5) is 16.1. The summed E-state index contributed by atoms with van der Waals surface area (Å²) in [6, 6.07) is -0.125. The average Bonchev–Trinajstić information content (AvgIpc) is 2.18. The highest BCUT2D eigenvalue weighted by Gasteiger charge is 2.21. The number of guanidine groups is 1. The summed E-state index contributed by atoms with van der Waals surface area (Å²) in [5.74, 6) is 0.600. The van der Waals surface area contributed by atoms with Crippen LogP contribution >= 0.6 is 24.0 Å². The predicted molar refractivity (Wildman–Crippen MR) is 103 cm³/mol. The molecular weight excluding hydrogens is 395 g/mol. The molecule has 0 heterocycles. The number of halogens is 1. The van der Waals surface area contributed by atoms with Crippen LogP contribution in [0.1, 0.15) is 55.4 Å². The van der Waals surface area contributed by atoms with Crippen LogP contribution in [-0.4, -0.2) is 35.8 Å². The fourth-order valence-electron chi connectivity index (χ4n) is 1.50. The molecule has 0 aromatic rings. The maximum atomic E-state index is 11.8. The first-order chi connectivity index (χ1) is 9.30. The van der Waals surface area contributed by atoms with Crippen molar-refractivity contribution in [3.05, 3.63) is 0 Å². The van der Waals surface area contributed by atoms with Gasteiger partial charge < -0.3 is 21.1 Å². The summed E-state index contributed by atoms with van der Waals surface area (Å²) in [6.45, 7) is 16.0. The van der Waals surface area contributed by atoms with Gasteiger partial charge in [0.15, 0.2) is 5.96 Å². The molecule has 0 spiro atoms. The summed E-state index contributed by atoms with van der Waals surface area (Å²) in [6.07, 6.45) is -0.432. The van der Waals surface area contributed by atoms with Crippen LogP contribution < -0.4 is 16.4 Å². The smallest absolute Gasteiger partial charge is 0.407 e. The summed E-state index contributed by atoms with van der Waals surface area (Å²) in [7, 11) is 0. The van der Waals surface area contributed by atoms with Crippen LogP contribution in [-0.2, 0) is 4.74 Å². The third-order valence-corrected chi connectivity index (χ3v) is 2.47. The van der Waals surface area contributed by atoms with E-state index in [0.29, 0.717) is 12.5 Å². The maximum Gasteiger partial charge on any atom is 0.407 e. The Morgan fingerprint density at radius 1 is 1.18 bits per heavy atom. The molecule has 0 aliphatic heterocycles. The van der Waals surface area contributed by atoms with Crippen molar-refractivity contribution in [3.8, 4) is 0 Å². The van der Waals surface area contributed by atoms with Gasteiger partial charge in [0.1, 0.15) is 5.60 Å². The van der Waals surface area contributed by atoms with E-state index in [1.54, 1.807) is 0 Å².